The fraction of sp³-hybridized carbons (Fsp3) is 0.355. The first kappa shape index (κ1) is 27.5. The number of benzene rings is 3. The predicted octanol–water partition coefficient (Wildman–Crippen LogP) is 6.75. The largest absolute Gasteiger partial charge is 0.341 e. The number of piperidine rings is 1. The van der Waals surface area contributed by atoms with Gasteiger partial charge in [-0.3, -0.25) is 4.79 Å². The van der Waals surface area contributed by atoms with Crippen molar-refractivity contribution in [2.45, 2.75) is 37.8 Å². The molecule has 2 aliphatic rings. The summed E-state index contributed by atoms with van der Waals surface area (Å²) in [5.74, 6) is 0.113. The summed E-state index contributed by atoms with van der Waals surface area (Å²) in [7, 11) is 1.85. The summed E-state index contributed by atoms with van der Waals surface area (Å²) < 4.78 is 0. The molecule has 3 aromatic carbocycles. The Labute approximate surface area is 240 Å². The maximum atomic E-state index is 13.1. The number of hydrogen-bond acceptors (Lipinski definition) is 3. The third kappa shape index (κ3) is 6.57. The molecule has 3 amide bonds. The molecule has 1 N–H and O–H groups in total. The van der Waals surface area contributed by atoms with E-state index in [2.05, 4.69) is 16.3 Å². The van der Waals surface area contributed by atoms with Gasteiger partial charge in [0.15, 0.2) is 0 Å². The molecular formula is C31H34Cl2N4O2. The third-order valence-corrected chi connectivity index (χ3v) is 8.67. The Bertz CT molecular complexity index is 1310. The quantitative estimate of drug-likeness (QED) is 0.329. The number of anilines is 1. The highest BCUT2D eigenvalue weighted by Gasteiger charge is 2.31. The second-order valence-electron chi connectivity index (χ2n) is 10.5. The van der Waals surface area contributed by atoms with Gasteiger partial charge < -0.3 is 20.0 Å². The van der Waals surface area contributed by atoms with Crippen LogP contribution in [0.15, 0.2) is 72.8 Å². The molecule has 1 saturated heterocycles. The van der Waals surface area contributed by atoms with Gasteiger partial charge in [0, 0.05) is 56.4 Å². The summed E-state index contributed by atoms with van der Waals surface area (Å²) >= 11 is 12.6. The first-order chi connectivity index (χ1) is 18.9. The molecule has 2 heterocycles. The van der Waals surface area contributed by atoms with Gasteiger partial charge in [0.25, 0.3) is 5.91 Å². The van der Waals surface area contributed by atoms with Crippen LogP contribution in [0.5, 0.6) is 0 Å². The second-order valence-corrected chi connectivity index (χ2v) is 11.3. The molecule has 5 rings (SSSR count). The Kier molecular flexibility index (Phi) is 8.75. The van der Waals surface area contributed by atoms with Crippen molar-refractivity contribution in [3.05, 3.63) is 99.5 Å². The van der Waals surface area contributed by atoms with E-state index in [9.17, 15) is 9.59 Å². The predicted molar refractivity (Wildman–Crippen MR) is 158 cm³/mol. The summed E-state index contributed by atoms with van der Waals surface area (Å²) in [6.45, 7) is 4.01. The number of rotatable bonds is 8. The molecule has 39 heavy (non-hydrogen) atoms. The Hall–Kier alpha value is -3.06. The Morgan fingerprint density at radius 3 is 2.46 bits per heavy atom. The topological polar surface area (TPSA) is 55.9 Å². The van der Waals surface area contributed by atoms with E-state index in [1.54, 1.807) is 4.90 Å². The summed E-state index contributed by atoms with van der Waals surface area (Å²) in [6.07, 6.45) is 2.77. The van der Waals surface area contributed by atoms with Crippen LogP contribution in [0.1, 0.15) is 46.7 Å². The Morgan fingerprint density at radius 1 is 1.00 bits per heavy atom. The Balaban J connectivity index is 1.20. The lowest BCUT2D eigenvalue weighted by atomic mass is 9.93. The number of likely N-dealkylation sites (N-methyl/N-ethyl adjacent to an activating group) is 1. The number of para-hydroxylation sites is 1. The number of hydrogen-bond donors (Lipinski definition) is 1. The zero-order valence-electron chi connectivity index (χ0n) is 22.2. The van der Waals surface area contributed by atoms with Gasteiger partial charge in [0.1, 0.15) is 0 Å². The van der Waals surface area contributed by atoms with E-state index in [1.165, 1.54) is 0 Å². The van der Waals surface area contributed by atoms with Crippen LogP contribution in [0.3, 0.4) is 0 Å². The first-order valence-electron chi connectivity index (χ1n) is 13.5. The third-order valence-electron chi connectivity index (χ3n) is 7.93. The van der Waals surface area contributed by atoms with E-state index in [1.807, 2.05) is 78.7 Å². The number of carbonyl (C=O) groups excluding carboxylic acids is 2. The van der Waals surface area contributed by atoms with Crippen LogP contribution in [0.4, 0.5) is 10.5 Å². The first-order valence-corrected chi connectivity index (χ1v) is 14.3. The fourth-order valence-electron chi connectivity index (χ4n) is 5.65. The van der Waals surface area contributed by atoms with Crippen molar-refractivity contribution >= 4 is 40.8 Å². The van der Waals surface area contributed by atoms with Gasteiger partial charge in [-0.2, -0.15) is 0 Å². The molecule has 8 heteroatoms. The number of nitrogens with zero attached hydrogens (tertiary/aromatic N) is 3. The minimum absolute atomic E-state index is 0.00190. The summed E-state index contributed by atoms with van der Waals surface area (Å²) in [6, 6.07) is 23.4. The maximum Gasteiger partial charge on any atom is 0.322 e. The number of nitrogens with one attached hydrogen (secondary N) is 1. The molecule has 1 atom stereocenters. The van der Waals surface area contributed by atoms with E-state index >= 15 is 0 Å². The van der Waals surface area contributed by atoms with Crippen LogP contribution in [0.2, 0.25) is 10.0 Å². The standard InChI is InChI=1S/C31H34Cl2N4O2/c1-35(30(38)22-7-3-2-4-8-22)20-24(23-11-12-27(32)28(33)19-23)13-16-36-17-14-26(15-18-36)37-21-25-9-5-6-10-29(25)34-31(37)39/h2-12,19,24,26H,13-18,20-21H2,1H3,(H,34,39)/t24-/m1/s1. The smallest absolute Gasteiger partial charge is 0.322 e. The van der Waals surface area contributed by atoms with Gasteiger partial charge in [-0.25, -0.2) is 4.79 Å². The summed E-state index contributed by atoms with van der Waals surface area (Å²) in [5.41, 5.74) is 3.84. The van der Waals surface area contributed by atoms with Crippen molar-refractivity contribution in [3.63, 3.8) is 0 Å². The molecular weight excluding hydrogens is 531 g/mol. The lowest BCUT2D eigenvalue weighted by Gasteiger charge is -2.41. The molecule has 0 saturated carbocycles. The van der Waals surface area contributed by atoms with Crippen molar-refractivity contribution in [3.8, 4) is 0 Å². The Morgan fingerprint density at radius 2 is 1.72 bits per heavy atom. The number of amides is 3. The number of carbonyl (C=O) groups is 2. The molecule has 0 bridgehead atoms. The number of urea groups is 1. The maximum absolute atomic E-state index is 13.1. The minimum atomic E-state index is -0.00190. The van der Waals surface area contributed by atoms with Crippen LogP contribution >= 0.6 is 23.2 Å². The average molecular weight is 566 g/mol. The number of halogens is 2. The molecule has 6 nitrogen and oxygen atoms in total. The highest BCUT2D eigenvalue weighted by molar-refractivity contribution is 6.42. The van der Waals surface area contributed by atoms with Gasteiger partial charge in [-0.15, -0.1) is 0 Å². The summed E-state index contributed by atoms with van der Waals surface area (Å²) in [5, 5.41) is 4.10. The highest BCUT2D eigenvalue weighted by atomic mass is 35.5. The van der Waals surface area contributed by atoms with E-state index in [0.717, 1.165) is 55.7 Å². The molecule has 2 aliphatic heterocycles. The molecule has 204 valence electrons. The van der Waals surface area contributed by atoms with Crippen molar-refractivity contribution in [2.24, 2.45) is 0 Å². The fourth-order valence-corrected chi connectivity index (χ4v) is 5.96. The normalized spacial score (nSPS) is 16.9. The monoisotopic (exact) mass is 564 g/mol. The van der Waals surface area contributed by atoms with Crippen LogP contribution < -0.4 is 5.32 Å². The zero-order chi connectivity index (χ0) is 27.4. The highest BCUT2D eigenvalue weighted by Crippen LogP contribution is 2.31. The number of fused-ring (bicyclic) bond motifs is 1. The van der Waals surface area contributed by atoms with Crippen LogP contribution in [0, 0.1) is 0 Å². The lowest BCUT2D eigenvalue weighted by molar-refractivity contribution is 0.0779. The van der Waals surface area contributed by atoms with Gasteiger partial charge >= 0.3 is 6.03 Å². The lowest BCUT2D eigenvalue weighted by Crippen LogP contribution is -2.50. The van der Waals surface area contributed by atoms with E-state index in [-0.39, 0.29) is 23.9 Å². The van der Waals surface area contributed by atoms with E-state index < -0.39 is 0 Å². The van der Waals surface area contributed by atoms with Gasteiger partial charge in [-0.05, 0) is 67.3 Å². The molecule has 0 unspecified atom stereocenters. The molecule has 0 radical (unpaired) electrons. The summed E-state index contributed by atoms with van der Waals surface area (Å²) in [4.78, 5) is 32.1. The van der Waals surface area contributed by atoms with Gasteiger partial charge in [0.05, 0.1) is 10.0 Å². The van der Waals surface area contributed by atoms with Crippen LogP contribution in [0.25, 0.3) is 0 Å². The van der Waals surface area contributed by atoms with Crippen molar-refractivity contribution < 1.29 is 9.59 Å². The zero-order valence-corrected chi connectivity index (χ0v) is 23.7. The molecule has 3 aromatic rings. The van der Waals surface area contributed by atoms with Gasteiger partial charge in [0.2, 0.25) is 0 Å². The second kappa shape index (κ2) is 12.4. The van der Waals surface area contributed by atoms with E-state index in [4.69, 9.17) is 23.2 Å². The molecule has 1 fully saturated rings. The number of likely N-dealkylation sites (tertiary alicyclic amines) is 1. The SMILES string of the molecule is CN(C[C@@H](CCN1CCC(N2Cc3ccccc3NC2=O)CC1)c1ccc(Cl)c(Cl)c1)C(=O)c1ccccc1. The molecule has 0 spiro atoms. The average Bonchev–Trinajstić information content (AvgIpc) is 2.96. The van der Waals surface area contributed by atoms with E-state index in [0.29, 0.717) is 28.7 Å². The van der Waals surface area contributed by atoms with Crippen molar-refractivity contribution in [1.29, 1.82) is 0 Å². The van der Waals surface area contributed by atoms with Gasteiger partial charge in [-0.1, -0.05) is 65.7 Å². The van der Waals surface area contributed by atoms with Crippen LogP contribution in [-0.2, 0) is 6.54 Å². The minimum Gasteiger partial charge on any atom is -0.341 e. The molecule has 0 aliphatic carbocycles. The van der Waals surface area contributed by atoms with Crippen molar-refractivity contribution in [2.75, 3.05) is 38.5 Å². The van der Waals surface area contributed by atoms with Crippen molar-refractivity contribution in [1.82, 2.24) is 14.7 Å². The molecule has 0 aromatic heterocycles. The van der Waals surface area contributed by atoms with Crippen LogP contribution in [-0.4, -0.2) is 65.9 Å².